The maximum Gasteiger partial charge on any atom is 0.144 e. The molecule has 0 aliphatic carbocycles. The first kappa shape index (κ1) is 11.5. The number of hydrogen-bond acceptors (Lipinski definition) is 3. The highest BCUT2D eigenvalue weighted by atomic mass is 16.5. The molecule has 0 aromatic carbocycles. The van der Waals surface area contributed by atoms with Crippen LogP contribution in [-0.4, -0.2) is 34.5 Å². The molecule has 96 valence electrons. The minimum Gasteiger partial charge on any atom is -0.494 e. The Morgan fingerprint density at radius 2 is 2.39 bits per heavy atom. The molecule has 18 heavy (non-hydrogen) atoms. The Hall–Kier alpha value is -1.55. The van der Waals surface area contributed by atoms with Crippen LogP contribution >= 0.6 is 0 Å². The average Bonchev–Trinajstić information content (AvgIpc) is 3.03. The van der Waals surface area contributed by atoms with E-state index in [-0.39, 0.29) is 0 Å². The molecule has 1 saturated heterocycles. The summed E-state index contributed by atoms with van der Waals surface area (Å²) in [4.78, 5) is 7.12. The van der Waals surface area contributed by atoms with Crippen molar-refractivity contribution in [3.05, 3.63) is 30.4 Å². The Bertz CT molecular complexity index is 549. The predicted octanol–water partition coefficient (Wildman–Crippen LogP) is 2.50. The van der Waals surface area contributed by atoms with Gasteiger partial charge in [-0.2, -0.15) is 0 Å². The van der Waals surface area contributed by atoms with Gasteiger partial charge in [-0.25, -0.2) is 4.98 Å². The molecule has 0 spiro atoms. The van der Waals surface area contributed by atoms with E-state index >= 15 is 0 Å². The fourth-order valence-corrected chi connectivity index (χ4v) is 2.93. The minimum atomic E-state index is 0.449. The third kappa shape index (κ3) is 1.68. The zero-order valence-electron chi connectivity index (χ0n) is 11.0. The van der Waals surface area contributed by atoms with E-state index in [1.54, 1.807) is 7.11 Å². The second-order valence-corrected chi connectivity index (χ2v) is 4.73. The molecule has 1 aliphatic heterocycles. The molecule has 2 aromatic rings. The molecular weight excluding hydrogens is 226 g/mol. The van der Waals surface area contributed by atoms with Crippen LogP contribution in [0.25, 0.3) is 5.52 Å². The molecule has 4 nitrogen and oxygen atoms in total. The number of hydrogen-bond donors (Lipinski definition) is 0. The number of rotatable bonds is 3. The van der Waals surface area contributed by atoms with Crippen LogP contribution in [0.2, 0.25) is 0 Å². The quantitative estimate of drug-likeness (QED) is 0.832. The Labute approximate surface area is 107 Å². The molecule has 1 fully saturated rings. The highest BCUT2D eigenvalue weighted by Gasteiger charge is 2.28. The van der Waals surface area contributed by atoms with Crippen molar-refractivity contribution in [1.82, 2.24) is 14.3 Å². The van der Waals surface area contributed by atoms with Crippen LogP contribution in [0.1, 0.15) is 31.6 Å². The lowest BCUT2D eigenvalue weighted by molar-refractivity contribution is 0.261. The van der Waals surface area contributed by atoms with E-state index in [4.69, 9.17) is 4.74 Å². The number of nitrogens with zero attached hydrogens (tertiary/aromatic N) is 3. The minimum absolute atomic E-state index is 0.449. The van der Waals surface area contributed by atoms with E-state index in [9.17, 15) is 0 Å². The first-order valence-corrected chi connectivity index (χ1v) is 6.59. The fraction of sp³-hybridized carbons (Fsp3) is 0.500. The van der Waals surface area contributed by atoms with Gasteiger partial charge >= 0.3 is 0 Å². The first-order valence-electron chi connectivity index (χ1n) is 6.59. The second kappa shape index (κ2) is 4.61. The summed E-state index contributed by atoms with van der Waals surface area (Å²) < 4.78 is 7.55. The van der Waals surface area contributed by atoms with Crippen LogP contribution in [-0.2, 0) is 0 Å². The molecule has 0 N–H and O–H groups in total. The van der Waals surface area contributed by atoms with Crippen LogP contribution in [0.4, 0.5) is 0 Å². The van der Waals surface area contributed by atoms with E-state index in [0.29, 0.717) is 6.04 Å². The van der Waals surface area contributed by atoms with Gasteiger partial charge in [0.05, 0.1) is 19.3 Å². The molecule has 0 bridgehead atoms. The average molecular weight is 245 g/mol. The fourth-order valence-electron chi connectivity index (χ4n) is 2.93. The van der Waals surface area contributed by atoms with Gasteiger partial charge in [0, 0.05) is 6.20 Å². The Morgan fingerprint density at radius 3 is 3.17 bits per heavy atom. The van der Waals surface area contributed by atoms with Crippen LogP contribution in [0.15, 0.2) is 24.5 Å². The van der Waals surface area contributed by atoms with Crippen LogP contribution in [0, 0.1) is 0 Å². The number of ether oxygens (including phenoxy) is 1. The number of pyridine rings is 1. The van der Waals surface area contributed by atoms with E-state index < -0.39 is 0 Å². The third-order valence-electron chi connectivity index (χ3n) is 3.85. The van der Waals surface area contributed by atoms with E-state index in [0.717, 1.165) is 23.6 Å². The van der Waals surface area contributed by atoms with Crippen molar-refractivity contribution in [3.8, 4) is 5.75 Å². The summed E-state index contributed by atoms with van der Waals surface area (Å²) in [5, 5.41) is 0. The molecule has 1 aliphatic rings. The lowest BCUT2D eigenvalue weighted by Gasteiger charge is -2.21. The van der Waals surface area contributed by atoms with Gasteiger partial charge in [0.2, 0.25) is 0 Å². The van der Waals surface area contributed by atoms with Gasteiger partial charge < -0.3 is 4.74 Å². The van der Waals surface area contributed by atoms with Crippen molar-refractivity contribution >= 4 is 5.52 Å². The van der Waals surface area contributed by atoms with Gasteiger partial charge in [0.25, 0.3) is 0 Å². The number of aromatic nitrogens is 2. The first-order chi connectivity index (χ1) is 8.85. The van der Waals surface area contributed by atoms with E-state index in [1.807, 2.05) is 18.3 Å². The van der Waals surface area contributed by atoms with Crippen LogP contribution < -0.4 is 4.74 Å². The van der Waals surface area contributed by atoms with Crippen LogP contribution in [0.5, 0.6) is 5.75 Å². The van der Waals surface area contributed by atoms with Gasteiger partial charge in [-0.05, 0) is 38.1 Å². The van der Waals surface area contributed by atoms with Gasteiger partial charge in [0.15, 0.2) is 0 Å². The van der Waals surface area contributed by atoms with Crippen molar-refractivity contribution in [2.24, 2.45) is 0 Å². The van der Waals surface area contributed by atoms with Gasteiger partial charge in [-0.3, -0.25) is 9.30 Å². The Kier molecular flexibility index (Phi) is 2.96. The summed E-state index contributed by atoms with van der Waals surface area (Å²) in [6.07, 6.45) is 6.45. The number of fused-ring (bicyclic) bond motifs is 1. The van der Waals surface area contributed by atoms with Crippen molar-refractivity contribution in [2.45, 2.75) is 25.8 Å². The van der Waals surface area contributed by atoms with Gasteiger partial charge in [-0.1, -0.05) is 6.92 Å². The molecule has 1 atom stereocenters. The van der Waals surface area contributed by atoms with Gasteiger partial charge in [-0.15, -0.1) is 0 Å². The molecule has 0 amide bonds. The highest BCUT2D eigenvalue weighted by Crippen LogP contribution is 2.32. The second-order valence-electron chi connectivity index (χ2n) is 4.73. The number of likely N-dealkylation sites (tertiary alicyclic amines) is 1. The van der Waals surface area contributed by atoms with Crippen molar-refractivity contribution in [3.63, 3.8) is 0 Å². The molecule has 3 heterocycles. The number of methoxy groups -OCH3 is 1. The van der Waals surface area contributed by atoms with Crippen LogP contribution in [0.3, 0.4) is 0 Å². The maximum absolute atomic E-state index is 5.38. The molecule has 0 radical (unpaired) electrons. The van der Waals surface area contributed by atoms with E-state index in [1.165, 1.54) is 19.4 Å². The van der Waals surface area contributed by atoms with Gasteiger partial charge in [0.1, 0.15) is 17.1 Å². The Morgan fingerprint density at radius 1 is 1.50 bits per heavy atom. The van der Waals surface area contributed by atoms with Crippen molar-refractivity contribution in [1.29, 1.82) is 0 Å². The summed E-state index contributed by atoms with van der Waals surface area (Å²) in [5.74, 6) is 2.03. The standard InChI is InChI=1S/C14H19N3O/c1-3-16-8-4-6-11(16)14-15-10-12-13(18-2)7-5-9-17(12)14/h5,7,9-11H,3-4,6,8H2,1-2H3. The SMILES string of the molecule is CCN1CCCC1c1ncc2c(OC)cccn12. The summed E-state index contributed by atoms with van der Waals surface area (Å²) in [6, 6.07) is 4.44. The lowest BCUT2D eigenvalue weighted by Crippen LogP contribution is -2.24. The number of imidazole rings is 1. The molecule has 0 saturated carbocycles. The maximum atomic E-state index is 5.38. The largest absolute Gasteiger partial charge is 0.494 e. The third-order valence-corrected chi connectivity index (χ3v) is 3.85. The zero-order chi connectivity index (χ0) is 12.5. The predicted molar refractivity (Wildman–Crippen MR) is 71.0 cm³/mol. The summed E-state index contributed by atoms with van der Waals surface area (Å²) in [5.41, 5.74) is 1.05. The lowest BCUT2D eigenvalue weighted by atomic mass is 10.2. The molecule has 1 unspecified atom stereocenters. The van der Waals surface area contributed by atoms with Crippen molar-refractivity contribution < 1.29 is 4.74 Å². The normalized spacial score (nSPS) is 20.7. The molecule has 4 heteroatoms. The van der Waals surface area contributed by atoms with Crippen molar-refractivity contribution in [2.75, 3.05) is 20.2 Å². The highest BCUT2D eigenvalue weighted by molar-refractivity contribution is 5.59. The molecule has 3 rings (SSSR count). The summed E-state index contributed by atoms with van der Waals surface area (Å²) >= 11 is 0. The summed E-state index contributed by atoms with van der Waals surface area (Å²) in [7, 11) is 1.70. The van der Waals surface area contributed by atoms with E-state index in [2.05, 4.69) is 27.4 Å². The topological polar surface area (TPSA) is 29.8 Å². The molecule has 2 aromatic heterocycles. The summed E-state index contributed by atoms with van der Waals surface area (Å²) in [6.45, 7) is 4.48. The smallest absolute Gasteiger partial charge is 0.144 e. The molecular formula is C14H19N3O. The monoisotopic (exact) mass is 245 g/mol. The Balaban J connectivity index is 2.07. The zero-order valence-corrected chi connectivity index (χ0v) is 11.0.